The van der Waals surface area contributed by atoms with Gasteiger partial charge in [-0.2, -0.15) is 4.98 Å². The number of hydrogen-bond donors (Lipinski definition) is 2. The fourth-order valence-electron chi connectivity index (χ4n) is 3.86. The van der Waals surface area contributed by atoms with E-state index >= 15 is 0 Å². The third-order valence-corrected chi connectivity index (χ3v) is 6.13. The number of rotatable bonds is 6. The van der Waals surface area contributed by atoms with Crippen LogP contribution < -0.4 is 20.3 Å². The highest BCUT2D eigenvalue weighted by Crippen LogP contribution is 2.41. The molecule has 2 aromatic carbocycles. The highest BCUT2D eigenvalue weighted by atomic mass is 32.2. The van der Waals surface area contributed by atoms with Crippen molar-refractivity contribution in [3.05, 3.63) is 65.9 Å². The Hall–Kier alpha value is -3.28. The van der Waals surface area contributed by atoms with Crippen LogP contribution in [0.25, 0.3) is 0 Å². The SMILES string of the molecule is CCN1C(=O)C(c2c(F)cccc2F)N(CC)c2nc(Nc3ccc([S+](N)[O-])cc3)ncc21. The van der Waals surface area contributed by atoms with E-state index in [9.17, 15) is 18.1 Å². The number of nitrogens with one attached hydrogen (secondary N) is 1. The van der Waals surface area contributed by atoms with E-state index in [1.54, 1.807) is 43.0 Å². The van der Waals surface area contributed by atoms with E-state index in [-0.39, 0.29) is 24.6 Å². The number of halogens is 2. The number of carbonyl (C=O) groups is 1. The van der Waals surface area contributed by atoms with Gasteiger partial charge in [0.05, 0.1) is 23.1 Å². The third kappa shape index (κ3) is 4.22. The molecule has 8 nitrogen and oxygen atoms in total. The summed E-state index contributed by atoms with van der Waals surface area (Å²) in [5.41, 5.74) is 0.770. The number of benzene rings is 2. The predicted octanol–water partition coefficient (Wildman–Crippen LogP) is 3.41. The number of aromatic nitrogens is 2. The van der Waals surface area contributed by atoms with Gasteiger partial charge in [0.2, 0.25) is 5.95 Å². The zero-order valence-electron chi connectivity index (χ0n) is 18.0. The van der Waals surface area contributed by atoms with E-state index in [1.165, 1.54) is 17.2 Å². The highest BCUT2D eigenvalue weighted by molar-refractivity contribution is 7.89. The molecule has 172 valence electrons. The van der Waals surface area contributed by atoms with E-state index in [4.69, 9.17) is 5.14 Å². The number of anilines is 4. The minimum absolute atomic E-state index is 0.229. The Bertz CT molecular complexity index is 1160. The molecule has 2 heterocycles. The monoisotopic (exact) mass is 472 g/mol. The Morgan fingerprint density at radius 1 is 1.12 bits per heavy atom. The second-order valence-corrected chi connectivity index (χ2v) is 8.32. The summed E-state index contributed by atoms with van der Waals surface area (Å²) >= 11 is -1.59. The quantitative estimate of drug-likeness (QED) is 0.529. The van der Waals surface area contributed by atoms with Crippen molar-refractivity contribution < 1.29 is 18.1 Å². The smallest absolute Gasteiger partial charge is 0.254 e. The highest BCUT2D eigenvalue weighted by Gasteiger charge is 2.42. The number of fused-ring (bicyclic) bond motifs is 1. The number of nitrogens with zero attached hydrogens (tertiary/aromatic N) is 4. The van der Waals surface area contributed by atoms with E-state index in [2.05, 4.69) is 15.3 Å². The minimum Gasteiger partial charge on any atom is -0.593 e. The van der Waals surface area contributed by atoms with Crippen LogP contribution in [-0.4, -0.2) is 33.5 Å². The molecule has 1 aliphatic heterocycles. The maximum absolute atomic E-state index is 14.7. The third-order valence-electron chi connectivity index (χ3n) is 5.40. The van der Waals surface area contributed by atoms with Crippen molar-refractivity contribution in [2.45, 2.75) is 24.8 Å². The van der Waals surface area contributed by atoms with Gasteiger partial charge in [-0.25, -0.2) is 13.8 Å². The summed E-state index contributed by atoms with van der Waals surface area (Å²) < 4.78 is 40.7. The standard InChI is InChI=1S/C22H22F2N6O2S/c1-3-29-17-12-26-22(27-13-8-10-14(11-9-13)33(25)32)28-20(17)30(4-2)19(21(29)31)18-15(23)6-5-7-16(18)24/h5-12,19H,3-4,25H2,1-2H3,(H,26,27,28). The molecular formula is C22H22F2N6O2S. The van der Waals surface area contributed by atoms with E-state index in [1.807, 2.05) is 0 Å². The van der Waals surface area contributed by atoms with Gasteiger partial charge in [-0.05, 0) is 50.2 Å². The van der Waals surface area contributed by atoms with Gasteiger partial charge in [-0.15, -0.1) is 5.14 Å². The fraction of sp³-hybridized carbons (Fsp3) is 0.227. The van der Waals surface area contributed by atoms with Crippen LogP contribution in [0.15, 0.2) is 53.6 Å². The van der Waals surface area contributed by atoms with Crippen LogP contribution in [0.3, 0.4) is 0 Å². The number of amides is 1. The van der Waals surface area contributed by atoms with Crippen LogP contribution >= 0.6 is 0 Å². The molecule has 3 N–H and O–H groups in total. The normalized spacial score (nSPS) is 16.5. The summed E-state index contributed by atoms with van der Waals surface area (Å²) in [6.07, 6.45) is 1.51. The Morgan fingerprint density at radius 2 is 1.79 bits per heavy atom. The summed E-state index contributed by atoms with van der Waals surface area (Å²) in [5.74, 6) is -1.44. The van der Waals surface area contributed by atoms with Gasteiger partial charge in [0, 0.05) is 18.8 Å². The van der Waals surface area contributed by atoms with Crippen molar-refractivity contribution in [1.29, 1.82) is 0 Å². The second-order valence-electron chi connectivity index (χ2n) is 7.26. The van der Waals surface area contributed by atoms with Crippen molar-refractivity contribution >= 4 is 40.4 Å². The molecule has 1 aromatic heterocycles. The summed E-state index contributed by atoms with van der Waals surface area (Å²) in [6.45, 7) is 4.12. The first-order chi connectivity index (χ1) is 15.8. The Labute approximate surface area is 192 Å². The van der Waals surface area contributed by atoms with E-state index in [0.29, 0.717) is 22.1 Å². The molecule has 0 spiro atoms. The lowest BCUT2D eigenvalue weighted by Crippen LogP contribution is -2.49. The lowest BCUT2D eigenvalue weighted by atomic mass is 9.99. The molecule has 11 heteroatoms. The topological polar surface area (TPSA) is 110 Å². The van der Waals surface area contributed by atoms with Gasteiger partial charge in [0.1, 0.15) is 23.4 Å². The van der Waals surface area contributed by atoms with Gasteiger partial charge in [-0.1, -0.05) is 6.07 Å². The molecule has 1 amide bonds. The van der Waals surface area contributed by atoms with Crippen LogP contribution in [0.5, 0.6) is 0 Å². The zero-order chi connectivity index (χ0) is 23.7. The summed E-state index contributed by atoms with van der Waals surface area (Å²) in [6, 6.07) is 8.92. The van der Waals surface area contributed by atoms with E-state index < -0.39 is 34.9 Å². The molecule has 0 bridgehead atoms. The molecule has 1 aliphatic rings. The first-order valence-electron chi connectivity index (χ1n) is 10.3. The molecule has 3 aromatic rings. The largest absolute Gasteiger partial charge is 0.593 e. The Kier molecular flexibility index (Phi) is 6.45. The summed E-state index contributed by atoms with van der Waals surface area (Å²) in [4.78, 5) is 25.6. The maximum Gasteiger partial charge on any atom is 0.254 e. The second kappa shape index (κ2) is 9.30. The lowest BCUT2D eigenvalue weighted by molar-refractivity contribution is -0.120. The molecule has 2 atom stereocenters. The van der Waals surface area contributed by atoms with Crippen molar-refractivity contribution in [2.75, 3.05) is 28.2 Å². The van der Waals surface area contributed by atoms with Crippen molar-refractivity contribution in [2.24, 2.45) is 5.14 Å². The maximum atomic E-state index is 14.7. The Morgan fingerprint density at radius 3 is 2.36 bits per heavy atom. The average Bonchev–Trinajstić information content (AvgIpc) is 2.79. The predicted molar refractivity (Wildman–Crippen MR) is 122 cm³/mol. The summed E-state index contributed by atoms with van der Waals surface area (Å²) in [5, 5.41) is 8.42. The van der Waals surface area contributed by atoms with Gasteiger partial charge in [-0.3, -0.25) is 4.79 Å². The van der Waals surface area contributed by atoms with Crippen LogP contribution in [-0.2, 0) is 16.2 Å². The van der Waals surface area contributed by atoms with Gasteiger partial charge < -0.3 is 19.7 Å². The number of hydrogen-bond acceptors (Lipinski definition) is 7. The van der Waals surface area contributed by atoms with Crippen LogP contribution in [0.2, 0.25) is 0 Å². The summed E-state index contributed by atoms with van der Waals surface area (Å²) in [7, 11) is 0. The van der Waals surface area contributed by atoms with Gasteiger partial charge >= 0.3 is 0 Å². The molecule has 0 fully saturated rings. The number of carbonyl (C=O) groups excluding carboxylic acids is 1. The van der Waals surface area contributed by atoms with Crippen molar-refractivity contribution in [1.82, 2.24) is 9.97 Å². The van der Waals surface area contributed by atoms with Crippen LogP contribution in [0.1, 0.15) is 25.5 Å². The average molecular weight is 473 g/mol. The Balaban J connectivity index is 1.76. The lowest BCUT2D eigenvalue weighted by Gasteiger charge is -2.41. The number of nitrogens with two attached hydrogens (primary N) is 1. The minimum atomic E-state index is -1.59. The zero-order valence-corrected chi connectivity index (χ0v) is 18.8. The van der Waals surface area contributed by atoms with E-state index in [0.717, 1.165) is 12.1 Å². The molecule has 2 unspecified atom stereocenters. The molecular weight excluding hydrogens is 450 g/mol. The molecule has 0 saturated heterocycles. The van der Waals surface area contributed by atoms with Crippen LogP contribution in [0, 0.1) is 11.6 Å². The van der Waals surface area contributed by atoms with Gasteiger partial charge in [0.15, 0.2) is 10.7 Å². The first kappa shape index (κ1) is 22.9. The fourth-order valence-corrected chi connectivity index (χ4v) is 4.27. The molecule has 0 aliphatic carbocycles. The van der Waals surface area contributed by atoms with Crippen molar-refractivity contribution in [3.63, 3.8) is 0 Å². The molecule has 0 radical (unpaired) electrons. The molecule has 0 saturated carbocycles. The number of likely N-dealkylation sites (N-methyl/N-ethyl adjacent to an activating group) is 2. The molecule has 4 rings (SSSR count). The van der Waals surface area contributed by atoms with Gasteiger partial charge in [0.25, 0.3) is 5.91 Å². The first-order valence-corrected chi connectivity index (χ1v) is 11.5. The van der Waals surface area contributed by atoms with Crippen molar-refractivity contribution in [3.8, 4) is 0 Å². The molecule has 33 heavy (non-hydrogen) atoms. The van der Waals surface area contributed by atoms with Crippen LogP contribution in [0.4, 0.5) is 31.9 Å².